The number of carbonyl (C=O) groups excluding carboxylic acids is 3. The van der Waals surface area contributed by atoms with Crippen molar-refractivity contribution in [1.82, 2.24) is 13.7 Å². The molecule has 1 rings (SSSR count). The minimum Gasteiger partial charge on any atom is -0.464 e. The summed E-state index contributed by atoms with van der Waals surface area (Å²) >= 11 is 0. The van der Waals surface area contributed by atoms with Crippen molar-refractivity contribution >= 4 is 17.9 Å². The van der Waals surface area contributed by atoms with Crippen LogP contribution in [0.5, 0.6) is 0 Å². The molecule has 12 nitrogen and oxygen atoms in total. The molecule has 1 aromatic rings. The van der Waals surface area contributed by atoms with Gasteiger partial charge in [-0.2, -0.15) is 0 Å². The van der Waals surface area contributed by atoms with Gasteiger partial charge in [0.25, 0.3) is 0 Å². The fraction of sp³-hybridized carbons (Fsp3) is 0.810. The maximum Gasteiger partial charge on any atom is 0.336 e. The Morgan fingerprint density at radius 2 is 0.440 bits per heavy atom. The summed E-state index contributed by atoms with van der Waals surface area (Å²) in [7, 11) is 0. The third kappa shape index (κ3) is 40.9. The number of carbonyl (C=O) groups is 3. The fourth-order valence-corrected chi connectivity index (χ4v) is 9.73. The van der Waals surface area contributed by atoms with Gasteiger partial charge in [0.15, 0.2) is 0 Å². The summed E-state index contributed by atoms with van der Waals surface area (Å²) in [6, 6.07) is 0. The van der Waals surface area contributed by atoms with Crippen LogP contribution in [0.15, 0.2) is 52.3 Å². The van der Waals surface area contributed by atoms with Gasteiger partial charge in [-0.25, -0.2) is 28.1 Å². The van der Waals surface area contributed by atoms with Gasteiger partial charge in [0.1, 0.15) is 19.8 Å². The van der Waals surface area contributed by atoms with Crippen molar-refractivity contribution < 1.29 is 28.6 Å². The molecular weight excluding hydrogens is 943 g/mol. The van der Waals surface area contributed by atoms with E-state index < -0.39 is 35.0 Å². The van der Waals surface area contributed by atoms with Gasteiger partial charge in [0.2, 0.25) is 0 Å². The van der Waals surface area contributed by atoms with Gasteiger partial charge in [-0.15, -0.1) is 19.7 Å². The molecule has 0 spiro atoms. The van der Waals surface area contributed by atoms with Crippen LogP contribution in [-0.2, 0) is 48.2 Å². The quantitative estimate of drug-likeness (QED) is 0.0269. The van der Waals surface area contributed by atoms with Gasteiger partial charge in [-0.1, -0.05) is 230 Å². The average molecular weight is 1050 g/mol. The highest BCUT2D eigenvalue weighted by Crippen LogP contribution is 2.17. The molecule has 0 radical (unpaired) electrons. The number of hydrogen-bond donors (Lipinski definition) is 0. The predicted molar refractivity (Wildman–Crippen MR) is 310 cm³/mol. The van der Waals surface area contributed by atoms with Crippen LogP contribution in [0.2, 0.25) is 0 Å². The average Bonchev–Trinajstić information content (AvgIpc) is 3.40. The molecule has 0 aliphatic heterocycles. The molecule has 75 heavy (non-hydrogen) atoms. The summed E-state index contributed by atoms with van der Waals surface area (Å²) in [4.78, 5) is 78.7. The molecule has 0 aromatic carbocycles. The zero-order valence-corrected chi connectivity index (χ0v) is 47.9. The van der Waals surface area contributed by atoms with Crippen LogP contribution < -0.4 is 17.1 Å². The van der Waals surface area contributed by atoms with E-state index in [1.54, 1.807) is 0 Å². The Kier molecular flexibility index (Phi) is 48.0. The van der Waals surface area contributed by atoms with Gasteiger partial charge in [-0.05, 0) is 57.8 Å². The Bertz CT molecular complexity index is 1530. The first kappa shape index (κ1) is 69.1. The number of rotatable bonds is 57. The first-order chi connectivity index (χ1) is 36.8. The Morgan fingerprint density at radius 1 is 0.280 bits per heavy atom. The normalized spacial score (nSPS) is 11.2. The molecule has 432 valence electrons. The number of allylic oxidation sites excluding steroid dienone is 3. The minimum absolute atomic E-state index is 0.223. The summed E-state index contributed by atoms with van der Waals surface area (Å²) in [6.07, 6.45) is 56.3. The molecule has 0 N–H and O–H groups in total. The lowest BCUT2D eigenvalue weighted by molar-refractivity contribution is -0.144. The minimum atomic E-state index is -0.880. The van der Waals surface area contributed by atoms with Gasteiger partial charge in [0, 0.05) is 19.3 Å². The Balaban J connectivity index is 2.57. The van der Waals surface area contributed by atoms with Crippen molar-refractivity contribution in [1.29, 1.82) is 0 Å². The van der Waals surface area contributed by atoms with Crippen molar-refractivity contribution in [2.45, 2.75) is 309 Å². The van der Waals surface area contributed by atoms with E-state index in [0.717, 1.165) is 90.8 Å². The second-order valence-corrected chi connectivity index (χ2v) is 21.2. The van der Waals surface area contributed by atoms with E-state index in [1.807, 2.05) is 18.2 Å². The Labute approximate surface area is 456 Å². The third-order valence-electron chi connectivity index (χ3n) is 14.5. The molecule has 0 aliphatic carbocycles. The second-order valence-electron chi connectivity index (χ2n) is 21.2. The van der Waals surface area contributed by atoms with E-state index in [4.69, 9.17) is 14.2 Å². The summed E-state index contributed by atoms with van der Waals surface area (Å²) in [5, 5.41) is 0. The molecule has 0 unspecified atom stereocenters. The molecule has 0 atom stereocenters. The first-order valence-corrected chi connectivity index (χ1v) is 31.0. The summed E-state index contributed by atoms with van der Waals surface area (Å²) in [5.41, 5.74) is -2.64. The molecule has 0 bridgehead atoms. The molecule has 0 saturated carbocycles. The van der Waals surface area contributed by atoms with E-state index in [9.17, 15) is 28.8 Å². The van der Waals surface area contributed by atoms with Gasteiger partial charge >= 0.3 is 35.0 Å². The first-order valence-electron chi connectivity index (χ1n) is 31.0. The highest BCUT2D eigenvalue weighted by atomic mass is 16.5. The van der Waals surface area contributed by atoms with Crippen molar-refractivity contribution in [3.05, 3.63) is 69.4 Å². The fourth-order valence-electron chi connectivity index (χ4n) is 9.73. The van der Waals surface area contributed by atoms with Crippen molar-refractivity contribution in [2.24, 2.45) is 0 Å². The molecular formula is C63H111N3O9. The SMILES string of the molecule is C=CCCCCCCCCCCCCCCCC(=O)OCCn1c(=O)n(CCOC(=O)CCCCCCCCCCCCCCCC=C)c(=O)n(CCOC(=O)CCCCCCCCCCCCCCCC=C)c1=O. The summed E-state index contributed by atoms with van der Waals surface area (Å²) in [6.45, 7) is 9.92. The second kappa shape index (κ2) is 52.1. The highest BCUT2D eigenvalue weighted by molar-refractivity contribution is 5.69. The van der Waals surface area contributed by atoms with Crippen LogP contribution in [0, 0.1) is 0 Å². The molecule has 1 aromatic heterocycles. The zero-order valence-electron chi connectivity index (χ0n) is 47.9. The molecule has 12 heteroatoms. The number of unbranched alkanes of at least 4 members (excludes halogenated alkanes) is 39. The number of aromatic nitrogens is 3. The van der Waals surface area contributed by atoms with E-state index in [0.29, 0.717) is 19.3 Å². The van der Waals surface area contributed by atoms with E-state index >= 15 is 0 Å². The van der Waals surface area contributed by atoms with Crippen LogP contribution in [0.1, 0.15) is 289 Å². The van der Waals surface area contributed by atoms with Gasteiger partial charge in [0.05, 0.1) is 19.6 Å². The molecule has 0 fully saturated rings. The molecule has 0 saturated heterocycles. The van der Waals surface area contributed by atoms with Crippen LogP contribution in [0.4, 0.5) is 0 Å². The lowest BCUT2D eigenvalue weighted by atomic mass is 10.0. The Hall–Kier alpha value is -3.96. The summed E-state index contributed by atoms with van der Waals surface area (Å²) in [5.74, 6) is -1.21. The van der Waals surface area contributed by atoms with Crippen LogP contribution >= 0.6 is 0 Å². The van der Waals surface area contributed by atoms with Crippen LogP contribution in [0.25, 0.3) is 0 Å². The zero-order chi connectivity index (χ0) is 54.5. The van der Waals surface area contributed by atoms with Crippen LogP contribution in [-0.4, -0.2) is 51.4 Å². The smallest absolute Gasteiger partial charge is 0.336 e. The van der Waals surface area contributed by atoms with Crippen molar-refractivity contribution in [2.75, 3.05) is 19.8 Å². The standard InChI is InChI=1S/C63H111N3O9/c1-4-7-10-13-16-19-22-25-28-31-34-37-40-43-46-49-58(67)73-55-52-64-61(70)65(53-56-74-59(68)50-47-44-41-38-35-32-29-26-23-20-17-14-11-8-5-2)63(72)66(62(64)71)54-57-75-60(69)51-48-45-42-39-36-33-30-27-24-21-18-15-12-9-6-3/h4-6H,1-3,7-57H2. The maximum atomic E-state index is 13.6. The lowest BCUT2D eigenvalue weighted by Crippen LogP contribution is -2.55. The van der Waals surface area contributed by atoms with Gasteiger partial charge < -0.3 is 14.2 Å². The van der Waals surface area contributed by atoms with E-state index in [2.05, 4.69) is 19.7 Å². The lowest BCUT2D eigenvalue weighted by Gasteiger charge is -2.14. The van der Waals surface area contributed by atoms with E-state index in [1.165, 1.54) is 173 Å². The van der Waals surface area contributed by atoms with Crippen molar-refractivity contribution in [3.63, 3.8) is 0 Å². The van der Waals surface area contributed by atoms with Gasteiger partial charge in [-0.3, -0.25) is 14.4 Å². The predicted octanol–water partition coefficient (Wildman–Crippen LogP) is 15.9. The molecule has 0 aliphatic rings. The monoisotopic (exact) mass is 1050 g/mol. The topological polar surface area (TPSA) is 145 Å². The third-order valence-corrected chi connectivity index (χ3v) is 14.5. The largest absolute Gasteiger partial charge is 0.464 e. The Morgan fingerprint density at radius 3 is 0.613 bits per heavy atom. The van der Waals surface area contributed by atoms with Crippen molar-refractivity contribution in [3.8, 4) is 0 Å². The summed E-state index contributed by atoms with van der Waals surface area (Å²) < 4.78 is 18.9. The molecule has 1 heterocycles. The van der Waals surface area contributed by atoms with E-state index in [-0.39, 0.29) is 58.7 Å². The number of ether oxygens (including phenoxy) is 3. The number of nitrogens with zero attached hydrogens (tertiary/aromatic N) is 3. The highest BCUT2D eigenvalue weighted by Gasteiger charge is 2.18. The van der Waals surface area contributed by atoms with Crippen LogP contribution in [0.3, 0.4) is 0 Å². The number of esters is 3. The molecule has 0 amide bonds. The maximum absolute atomic E-state index is 13.6. The number of hydrogen-bond acceptors (Lipinski definition) is 9.